The van der Waals surface area contributed by atoms with Gasteiger partial charge in [-0.05, 0) is 12.1 Å². The molecule has 0 saturated heterocycles. The molecule has 0 aromatic carbocycles. The van der Waals surface area contributed by atoms with Gasteiger partial charge in [0.15, 0.2) is 10.1 Å². The van der Waals surface area contributed by atoms with Gasteiger partial charge in [-0.25, -0.2) is 9.78 Å². The predicted octanol–water partition coefficient (Wildman–Crippen LogP) is 2.24. The van der Waals surface area contributed by atoms with E-state index in [0.717, 1.165) is 5.82 Å². The van der Waals surface area contributed by atoms with Crippen LogP contribution in [-0.4, -0.2) is 29.8 Å². The SMILES string of the molecule is COC(=O)Oc1ccc(OCCc2ncc[nH]2)s1. The molecule has 96 valence electrons. The average Bonchev–Trinajstić information content (AvgIpc) is 3.01. The molecule has 18 heavy (non-hydrogen) atoms. The van der Waals surface area contributed by atoms with Gasteiger partial charge in [0.25, 0.3) is 0 Å². The quantitative estimate of drug-likeness (QED) is 0.842. The molecular weight excluding hydrogens is 256 g/mol. The Bertz CT molecular complexity index is 495. The van der Waals surface area contributed by atoms with Gasteiger partial charge in [0.05, 0.1) is 13.7 Å². The smallest absolute Gasteiger partial charge is 0.483 e. The fraction of sp³-hybridized carbons (Fsp3) is 0.273. The Balaban J connectivity index is 1.78. The van der Waals surface area contributed by atoms with E-state index in [9.17, 15) is 4.79 Å². The van der Waals surface area contributed by atoms with E-state index in [0.29, 0.717) is 23.2 Å². The van der Waals surface area contributed by atoms with Crippen molar-refractivity contribution in [3.8, 4) is 10.1 Å². The summed E-state index contributed by atoms with van der Waals surface area (Å²) < 4.78 is 14.7. The van der Waals surface area contributed by atoms with E-state index in [1.54, 1.807) is 24.5 Å². The second-order valence-corrected chi connectivity index (χ2v) is 4.27. The van der Waals surface area contributed by atoms with E-state index < -0.39 is 6.16 Å². The molecule has 2 aromatic heterocycles. The van der Waals surface area contributed by atoms with Gasteiger partial charge in [-0.3, -0.25) is 0 Å². The van der Waals surface area contributed by atoms with Gasteiger partial charge < -0.3 is 19.2 Å². The molecule has 0 aliphatic rings. The molecular formula is C11H12N2O4S. The molecule has 0 aliphatic carbocycles. The third kappa shape index (κ3) is 3.49. The largest absolute Gasteiger partial charge is 0.514 e. The zero-order chi connectivity index (χ0) is 12.8. The summed E-state index contributed by atoms with van der Waals surface area (Å²) in [5.41, 5.74) is 0. The first kappa shape index (κ1) is 12.4. The summed E-state index contributed by atoms with van der Waals surface area (Å²) in [4.78, 5) is 17.9. The molecule has 7 heteroatoms. The van der Waals surface area contributed by atoms with Crippen molar-refractivity contribution in [2.75, 3.05) is 13.7 Å². The van der Waals surface area contributed by atoms with Crippen LogP contribution in [0.5, 0.6) is 10.1 Å². The molecule has 0 spiro atoms. The minimum atomic E-state index is -0.737. The van der Waals surface area contributed by atoms with Crippen molar-refractivity contribution in [3.05, 3.63) is 30.4 Å². The fourth-order valence-electron chi connectivity index (χ4n) is 1.24. The summed E-state index contributed by atoms with van der Waals surface area (Å²) in [6, 6.07) is 3.40. The summed E-state index contributed by atoms with van der Waals surface area (Å²) in [6.45, 7) is 0.506. The van der Waals surface area contributed by atoms with Crippen LogP contribution in [0, 0.1) is 0 Å². The highest BCUT2D eigenvalue weighted by molar-refractivity contribution is 7.15. The average molecular weight is 268 g/mol. The molecule has 0 bridgehead atoms. The number of aromatic nitrogens is 2. The molecule has 0 unspecified atom stereocenters. The molecule has 2 rings (SSSR count). The maximum atomic E-state index is 10.9. The first-order valence-corrected chi connectivity index (χ1v) is 6.06. The lowest BCUT2D eigenvalue weighted by atomic mass is 10.4. The monoisotopic (exact) mass is 268 g/mol. The zero-order valence-electron chi connectivity index (χ0n) is 9.71. The fourth-order valence-corrected chi connectivity index (χ4v) is 1.96. The lowest BCUT2D eigenvalue weighted by Crippen LogP contribution is -2.05. The van der Waals surface area contributed by atoms with E-state index in [-0.39, 0.29) is 0 Å². The van der Waals surface area contributed by atoms with Gasteiger partial charge in [-0.2, -0.15) is 0 Å². The van der Waals surface area contributed by atoms with E-state index in [2.05, 4.69) is 14.7 Å². The first-order valence-electron chi connectivity index (χ1n) is 5.24. The molecule has 0 amide bonds. The maximum absolute atomic E-state index is 10.9. The van der Waals surface area contributed by atoms with E-state index in [4.69, 9.17) is 9.47 Å². The van der Waals surface area contributed by atoms with Crippen molar-refractivity contribution in [1.29, 1.82) is 0 Å². The lowest BCUT2D eigenvalue weighted by Gasteiger charge is -2.01. The van der Waals surface area contributed by atoms with Crippen LogP contribution in [0.1, 0.15) is 5.82 Å². The standard InChI is InChI=1S/C11H12N2O4S/c1-15-11(14)17-10-3-2-9(18-10)16-7-4-8-12-5-6-13-8/h2-3,5-6H,4,7H2,1H3,(H,12,13). The molecule has 0 radical (unpaired) electrons. The van der Waals surface area contributed by atoms with Crippen LogP contribution in [0.4, 0.5) is 4.79 Å². The van der Waals surface area contributed by atoms with Crippen LogP contribution < -0.4 is 9.47 Å². The van der Waals surface area contributed by atoms with Crippen molar-refractivity contribution in [3.63, 3.8) is 0 Å². The van der Waals surface area contributed by atoms with Gasteiger partial charge in [0.2, 0.25) is 0 Å². The molecule has 6 nitrogen and oxygen atoms in total. The number of rotatable bonds is 5. The predicted molar refractivity (Wildman–Crippen MR) is 65.1 cm³/mol. The highest BCUT2D eigenvalue weighted by Crippen LogP contribution is 2.31. The van der Waals surface area contributed by atoms with Crippen molar-refractivity contribution >= 4 is 17.5 Å². The Hall–Kier alpha value is -2.02. The number of nitrogens with one attached hydrogen (secondary N) is 1. The summed E-state index contributed by atoms with van der Waals surface area (Å²) >= 11 is 1.24. The number of imidazole rings is 1. The Kier molecular flexibility index (Phi) is 4.19. The molecule has 0 aliphatic heterocycles. The van der Waals surface area contributed by atoms with Crippen LogP contribution >= 0.6 is 11.3 Å². The van der Waals surface area contributed by atoms with Crippen molar-refractivity contribution < 1.29 is 19.0 Å². The summed E-state index contributed by atoms with van der Waals surface area (Å²) in [6.07, 6.45) is 3.42. The van der Waals surface area contributed by atoms with E-state index in [1.165, 1.54) is 18.4 Å². The first-order chi connectivity index (χ1) is 8.78. The number of methoxy groups -OCH3 is 1. The molecule has 2 aromatic rings. The number of H-pyrrole nitrogens is 1. The minimum absolute atomic E-state index is 0.440. The second-order valence-electron chi connectivity index (χ2n) is 3.26. The molecule has 1 N–H and O–H groups in total. The Labute approximate surface area is 108 Å². The highest BCUT2D eigenvalue weighted by Gasteiger charge is 2.07. The van der Waals surface area contributed by atoms with Crippen molar-refractivity contribution in [2.45, 2.75) is 6.42 Å². The Morgan fingerprint density at radius 1 is 1.44 bits per heavy atom. The summed E-state index contributed by atoms with van der Waals surface area (Å²) in [5.74, 6) is 0.873. The van der Waals surface area contributed by atoms with Crippen molar-refractivity contribution in [1.82, 2.24) is 9.97 Å². The number of nitrogens with zero attached hydrogens (tertiary/aromatic N) is 1. The molecule has 0 fully saturated rings. The van der Waals surface area contributed by atoms with Gasteiger partial charge in [-0.15, -0.1) is 0 Å². The topological polar surface area (TPSA) is 73.4 Å². The van der Waals surface area contributed by atoms with Crippen LogP contribution in [-0.2, 0) is 11.2 Å². The number of carbonyl (C=O) groups excluding carboxylic acids is 1. The number of carbonyl (C=O) groups is 1. The highest BCUT2D eigenvalue weighted by atomic mass is 32.1. The van der Waals surface area contributed by atoms with Crippen LogP contribution in [0.15, 0.2) is 24.5 Å². The molecule has 2 heterocycles. The minimum Gasteiger partial charge on any atom is -0.483 e. The van der Waals surface area contributed by atoms with Crippen molar-refractivity contribution in [2.24, 2.45) is 0 Å². The van der Waals surface area contributed by atoms with Gasteiger partial charge >= 0.3 is 6.16 Å². The lowest BCUT2D eigenvalue weighted by molar-refractivity contribution is 0.123. The number of thiophene rings is 1. The number of ether oxygens (including phenoxy) is 3. The number of hydrogen-bond acceptors (Lipinski definition) is 6. The third-order valence-corrected chi connectivity index (χ3v) is 2.92. The normalized spacial score (nSPS) is 10.1. The number of aromatic amines is 1. The second kappa shape index (κ2) is 6.06. The maximum Gasteiger partial charge on any atom is 0.514 e. The zero-order valence-corrected chi connectivity index (χ0v) is 10.5. The van der Waals surface area contributed by atoms with Gasteiger partial charge in [-0.1, -0.05) is 11.3 Å². The van der Waals surface area contributed by atoms with E-state index in [1.807, 2.05) is 0 Å². The van der Waals surface area contributed by atoms with Crippen LogP contribution in [0.3, 0.4) is 0 Å². The summed E-state index contributed by atoms with van der Waals surface area (Å²) in [7, 11) is 1.26. The van der Waals surface area contributed by atoms with Gasteiger partial charge in [0, 0.05) is 18.8 Å². The van der Waals surface area contributed by atoms with Gasteiger partial charge in [0.1, 0.15) is 5.82 Å². The Morgan fingerprint density at radius 3 is 3.00 bits per heavy atom. The van der Waals surface area contributed by atoms with E-state index >= 15 is 0 Å². The third-order valence-electron chi connectivity index (χ3n) is 2.05. The summed E-state index contributed by atoms with van der Waals surface area (Å²) in [5, 5.41) is 1.12. The van der Waals surface area contributed by atoms with Crippen LogP contribution in [0.25, 0.3) is 0 Å². The van der Waals surface area contributed by atoms with Crippen LogP contribution in [0.2, 0.25) is 0 Å². The molecule has 0 atom stereocenters. The molecule has 0 saturated carbocycles. The Morgan fingerprint density at radius 2 is 2.28 bits per heavy atom. The number of hydrogen-bond donors (Lipinski definition) is 1.